The van der Waals surface area contributed by atoms with Crippen LogP contribution in [0.2, 0.25) is 0 Å². The van der Waals surface area contributed by atoms with Crippen LogP contribution in [0, 0.1) is 0 Å². The molecule has 5 nitrogen and oxygen atoms in total. The minimum atomic E-state index is -0.152. The lowest BCUT2D eigenvalue weighted by molar-refractivity contribution is -0.119. The maximum absolute atomic E-state index is 13.0. The van der Waals surface area contributed by atoms with Crippen molar-refractivity contribution in [1.82, 2.24) is 10.2 Å². The average Bonchev–Trinajstić information content (AvgIpc) is 3.10. The molecule has 0 spiro atoms. The molecule has 0 saturated heterocycles. The lowest BCUT2D eigenvalue weighted by atomic mass is 9.77. The van der Waals surface area contributed by atoms with E-state index in [0.717, 1.165) is 34.0 Å². The third-order valence-corrected chi connectivity index (χ3v) is 6.52. The van der Waals surface area contributed by atoms with E-state index in [1.165, 1.54) is 23.1 Å². The predicted octanol–water partition coefficient (Wildman–Crippen LogP) is 3.79. The summed E-state index contributed by atoms with van der Waals surface area (Å²) in [6.07, 6.45) is 4.28. The van der Waals surface area contributed by atoms with Gasteiger partial charge < -0.3 is 0 Å². The number of carbonyl (C=O) groups is 2. The summed E-state index contributed by atoms with van der Waals surface area (Å²) < 4.78 is 0.817. The van der Waals surface area contributed by atoms with Gasteiger partial charge in [-0.25, -0.2) is 0 Å². The lowest BCUT2D eigenvalue weighted by Gasteiger charge is -2.36. The van der Waals surface area contributed by atoms with Crippen LogP contribution in [0.4, 0.5) is 5.13 Å². The largest absolute Gasteiger partial charge is 0.294 e. The molecule has 4 rings (SSSR count). The van der Waals surface area contributed by atoms with Crippen LogP contribution in [-0.2, 0) is 9.59 Å². The Kier molecular flexibility index (Phi) is 4.43. The number of thioether (sulfide) groups is 1. The molecular weight excluding hydrogens is 354 g/mol. The fourth-order valence-corrected chi connectivity index (χ4v) is 4.86. The standard InChI is InChI=1S/C18H17N3O2S2/c1-24-18-20-19-17(25-18)21-13-8-5-9-14(22)16(13)12(10-15(21)23)11-6-3-2-4-7-11/h2-4,6-7,12H,5,8-10H2,1H3/t12-/m1/s1. The Morgan fingerprint density at radius 2 is 1.96 bits per heavy atom. The molecule has 0 N–H and O–H groups in total. The van der Waals surface area contributed by atoms with E-state index in [4.69, 9.17) is 0 Å². The number of carbonyl (C=O) groups excluding carboxylic acids is 2. The Bertz CT molecular complexity index is 860. The SMILES string of the molecule is CSc1nnc(N2C(=O)C[C@H](c3ccccc3)C3=C2CCCC3=O)s1. The number of Topliss-reactive ketones (excluding diaryl/α,β-unsaturated/α-hetero) is 1. The van der Waals surface area contributed by atoms with E-state index in [1.807, 2.05) is 36.6 Å². The number of allylic oxidation sites excluding steroid dienone is 2. The van der Waals surface area contributed by atoms with Gasteiger partial charge in [-0.05, 0) is 24.7 Å². The molecule has 1 aromatic carbocycles. The molecule has 0 saturated carbocycles. The number of hydrogen-bond donors (Lipinski definition) is 0. The zero-order valence-corrected chi connectivity index (χ0v) is 15.4. The quantitative estimate of drug-likeness (QED) is 0.607. The number of hydrogen-bond acceptors (Lipinski definition) is 6. The first-order valence-corrected chi connectivity index (χ1v) is 10.2. The Hall–Kier alpha value is -1.99. The summed E-state index contributed by atoms with van der Waals surface area (Å²) >= 11 is 2.90. The van der Waals surface area contributed by atoms with Gasteiger partial charge in [0.25, 0.3) is 0 Å². The van der Waals surface area contributed by atoms with Gasteiger partial charge in [0, 0.05) is 30.0 Å². The minimum absolute atomic E-state index is 0.00824. The highest BCUT2D eigenvalue weighted by molar-refractivity contribution is 8.00. The zero-order chi connectivity index (χ0) is 17.4. The molecule has 1 aliphatic carbocycles. The Balaban J connectivity index is 1.84. The van der Waals surface area contributed by atoms with Crippen molar-refractivity contribution in [3.05, 3.63) is 47.2 Å². The molecule has 2 aromatic rings. The second kappa shape index (κ2) is 6.72. The van der Waals surface area contributed by atoms with E-state index >= 15 is 0 Å². The molecule has 25 heavy (non-hydrogen) atoms. The average molecular weight is 371 g/mol. The molecule has 1 aliphatic heterocycles. The van der Waals surface area contributed by atoms with Crippen LogP contribution in [0.1, 0.15) is 37.2 Å². The molecule has 0 fully saturated rings. The van der Waals surface area contributed by atoms with Gasteiger partial charge in [-0.2, -0.15) is 0 Å². The maximum Gasteiger partial charge on any atom is 0.234 e. The van der Waals surface area contributed by atoms with E-state index in [0.29, 0.717) is 18.0 Å². The number of rotatable bonds is 3. The van der Waals surface area contributed by atoms with Gasteiger partial charge in [0.15, 0.2) is 10.1 Å². The number of benzene rings is 1. The van der Waals surface area contributed by atoms with Gasteiger partial charge in [0.1, 0.15) is 0 Å². The minimum Gasteiger partial charge on any atom is -0.294 e. The van der Waals surface area contributed by atoms with Gasteiger partial charge in [0.2, 0.25) is 11.0 Å². The summed E-state index contributed by atoms with van der Waals surface area (Å²) in [5.41, 5.74) is 2.64. The molecule has 0 bridgehead atoms. The van der Waals surface area contributed by atoms with Gasteiger partial charge in [0.05, 0.1) is 0 Å². The van der Waals surface area contributed by atoms with Crippen molar-refractivity contribution < 1.29 is 9.59 Å². The second-order valence-electron chi connectivity index (χ2n) is 6.09. The summed E-state index contributed by atoms with van der Waals surface area (Å²) in [6.45, 7) is 0. The van der Waals surface area contributed by atoms with Crippen LogP contribution in [0.25, 0.3) is 0 Å². The first-order valence-electron chi connectivity index (χ1n) is 8.20. The van der Waals surface area contributed by atoms with Crippen molar-refractivity contribution in [3.8, 4) is 0 Å². The monoisotopic (exact) mass is 371 g/mol. The van der Waals surface area contributed by atoms with Crippen LogP contribution in [0.5, 0.6) is 0 Å². The van der Waals surface area contributed by atoms with Crippen molar-refractivity contribution in [3.63, 3.8) is 0 Å². The fourth-order valence-electron chi connectivity index (χ4n) is 3.56. The highest BCUT2D eigenvalue weighted by Gasteiger charge is 2.40. The molecule has 1 aromatic heterocycles. The number of nitrogens with zero attached hydrogens (tertiary/aromatic N) is 3. The van der Waals surface area contributed by atoms with E-state index in [2.05, 4.69) is 10.2 Å². The first-order chi connectivity index (χ1) is 12.2. The third kappa shape index (κ3) is 2.91. The first kappa shape index (κ1) is 16.5. The Morgan fingerprint density at radius 3 is 2.68 bits per heavy atom. The van der Waals surface area contributed by atoms with E-state index in [1.54, 1.807) is 4.90 Å². The Morgan fingerprint density at radius 1 is 1.16 bits per heavy atom. The van der Waals surface area contributed by atoms with Crippen LogP contribution in [0.3, 0.4) is 0 Å². The number of anilines is 1. The summed E-state index contributed by atoms with van der Waals surface area (Å²) in [6, 6.07) is 9.85. The van der Waals surface area contributed by atoms with Crippen molar-refractivity contribution in [1.29, 1.82) is 0 Å². The summed E-state index contributed by atoms with van der Waals surface area (Å²) in [7, 11) is 0. The van der Waals surface area contributed by atoms with Crippen LogP contribution >= 0.6 is 23.1 Å². The summed E-state index contributed by atoms with van der Waals surface area (Å²) in [5, 5.41) is 8.86. The summed E-state index contributed by atoms with van der Waals surface area (Å²) in [5.74, 6) is -0.00555. The zero-order valence-electron chi connectivity index (χ0n) is 13.8. The normalized spacial score (nSPS) is 20.8. The van der Waals surface area contributed by atoms with Crippen molar-refractivity contribution in [2.24, 2.45) is 0 Å². The molecule has 0 unspecified atom stereocenters. The van der Waals surface area contributed by atoms with E-state index < -0.39 is 0 Å². The number of ketones is 1. The van der Waals surface area contributed by atoms with Crippen LogP contribution in [0.15, 0.2) is 45.9 Å². The van der Waals surface area contributed by atoms with Crippen LogP contribution in [-0.4, -0.2) is 28.1 Å². The van der Waals surface area contributed by atoms with Gasteiger partial charge in [-0.15, -0.1) is 10.2 Å². The van der Waals surface area contributed by atoms with Crippen molar-refractivity contribution >= 4 is 39.9 Å². The van der Waals surface area contributed by atoms with Gasteiger partial charge in [-0.1, -0.05) is 53.4 Å². The molecule has 128 valence electrons. The van der Waals surface area contributed by atoms with Crippen molar-refractivity contribution in [2.45, 2.75) is 35.9 Å². The topological polar surface area (TPSA) is 63.2 Å². The maximum atomic E-state index is 13.0. The predicted molar refractivity (Wildman–Crippen MR) is 98.9 cm³/mol. The third-order valence-electron chi connectivity index (χ3n) is 4.64. The Labute approximate surface area is 154 Å². The molecule has 2 aliphatic rings. The molecule has 0 radical (unpaired) electrons. The van der Waals surface area contributed by atoms with Gasteiger partial charge in [-0.3, -0.25) is 14.5 Å². The second-order valence-corrected chi connectivity index (χ2v) is 8.10. The smallest absolute Gasteiger partial charge is 0.234 e. The van der Waals surface area contributed by atoms with E-state index in [9.17, 15) is 9.59 Å². The van der Waals surface area contributed by atoms with Crippen LogP contribution < -0.4 is 4.90 Å². The van der Waals surface area contributed by atoms with Crippen molar-refractivity contribution in [2.75, 3.05) is 11.2 Å². The molecule has 1 atom stereocenters. The number of amides is 1. The lowest BCUT2D eigenvalue weighted by Crippen LogP contribution is -2.40. The molecule has 2 heterocycles. The van der Waals surface area contributed by atoms with Gasteiger partial charge >= 0.3 is 0 Å². The number of aromatic nitrogens is 2. The highest BCUT2D eigenvalue weighted by Crippen LogP contribution is 2.44. The highest BCUT2D eigenvalue weighted by atomic mass is 32.2. The molecular formula is C18H17N3O2S2. The van der Waals surface area contributed by atoms with E-state index in [-0.39, 0.29) is 17.6 Å². The molecule has 7 heteroatoms. The fraction of sp³-hybridized carbons (Fsp3) is 0.333. The molecule has 1 amide bonds. The summed E-state index contributed by atoms with van der Waals surface area (Å²) in [4.78, 5) is 27.3.